The van der Waals surface area contributed by atoms with Gasteiger partial charge in [0.25, 0.3) is 0 Å². The van der Waals surface area contributed by atoms with Crippen molar-refractivity contribution in [2.75, 3.05) is 7.05 Å². The third kappa shape index (κ3) is 2.86. The number of rotatable bonds is 3. The SMILES string of the molecule is CNC(C1CCC(C)C(C)C1)C1CCCC1C. The van der Waals surface area contributed by atoms with E-state index in [0.717, 1.165) is 35.6 Å². The van der Waals surface area contributed by atoms with E-state index in [1.54, 1.807) is 0 Å². The van der Waals surface area contributed by atoms with Crippen LogP contribution >= 0.6 is 0 Å². The van der Waals surface area contributed by atoms with Crippen molar-refractivity contribution in [3.05, 3.63) is 0 Å². The van der Waals surface area contributed by atoms with Crippen LogP contribution in [0, 0.1) is 29.6 Å². The minimum Gasteiger partial charge on any atom is -0.316 e. The van der Waals surface area contributed by atoms with Crippen LogP contribution in [0.5, 0.6) is 0 Å². The molecule has 1 nitrogen and oxygen atoms in total. The van der Waals surface area contributed by atoms with E-state index in [0.29, 0.717) is 0 Å². The summed E-state index contributed by atoms with van der Waals surface area (Å²) in [6.07, 6.45) is 8.75. The van der Waals surface area contributed by atoms with Crippen molar-refractivity contribution < 1.29 is 0 Å². The zero-order valence-electron chi connectivity index (χ0n) is 12.2. The molecule has 6 unspecified atom stereocenters. The Morgan fingerprint density at radius 3 is 2.18 bits per heavy atom. The van der Waals surface area contributed by atoms with Crippen molar-refractivity contribution in [2.45, 2.75) is 65.3 Å². The van der Waals surface area contributed by atoms with Gasteiger partial charge in [-0.25, -0.2) is 0 Å². The molecule has 2 saturated carbocycles. The molecule has 2 aliphatic rings. The van der Waals surface area contributed by atoms with Crippen molar-refractivity contribution in [1.29, 1.82) is 0 Å². The summed E-state index contributed by atoms with van der Waals surface area (Å²) in [6.45, 7) is 7.37. The molecule has 2 aliphatic carbocycles. The van der Waals surface area contributed by atoms with Crippen LogP contribution in [0.4, 0.5) is 0 Å². The summed E-state index contributed by atoms with van der Waals surface area (Å²) in [5.41, 5.74) is 0. The van der Waals surface area contributed by atoms with Crippen LogP contribution in [0.2, 0.25) is 0 Å². The van der Waals surface area contributed by atoms with E-state index in [2.05, 4.69) is 33.1 Å². The average Bonchev–Trinajstić information content (AvgIpc) is 2.71. The van der Waals surface area contributed by atoms with Crippen LogP contribution < -0.4 is 5.32 Å². The highest BCUT2D eigenvalue weighted by Crippen LogP contribution is 2.42. The van der Waals surface area contributed by atoms with Crippen molar-refractivity contribution in [2.24, 2.45) is 29.6 Å². The standard InChI is InChI=1S/C16H31N/c1-11-8-9-14(10-13(11)3)16(17-4)15-7-5-6-12(15)2/h11-17H,5-10H2,1-4H3. The van der Waals surface area contributed by atoms with E-state index in [9.17, 15) is 0 Å². The van der Waals surface area contributed by atoms with Gasteiger partial charge in [0.1, 0.15) is 0 Å². The minimum absolute atomic E-state index is 0.794. The van der Waals surface area contributed by atoms with Gasteiger partial charge in [0, 0.05) is 6.04 Å². The van der Waals surface area contributed by atoms with E-state index in [4.69, 9.17) is 0 Å². The summed E-state index contributed by atoms with van der Waals surface area (Å²) in [5, 5.41) is 3.68. The van der Waals surface area contributed by atoms with Crippen molar-refractivity contribution >= 4 is 0 Å². The van der Waals surface area contributed by atoms with Gasteiger partial charge in [-0.2, -0.15) is 0 Å². The normalized spacial score (nSPS) is 44.8. The fourth-order valence-electron chi connectivity index (χ4n) is 4.42. The largest absolute Gasteiger partial charge is 0.316 e. The molecule has 0 aromatic rings. The third-order valence-corrected chi connectivity index (χ3v) is 5.87. The summed E-state index contributed by atoms with van der Waals surface area (Å²) in [4.78, 5) is 0. The molecular formula is C16H31N. The van der Waals surface area contributed by atoms with E-state index in [-0.39, 0.29) is 0 Å². The first-order chi connectivity index (χ1) is 8.13. The van der Waals surface area contributed by atoms with Crippen molar-refractivity contribution in [1.82, 2.24) is 5.32 Å². The Kier molecular flexibility index (Phi) is 4.52. The average molecular weight is 237 g/mol. The van der Waals surface area contributed by atoms with Crippen molar-refractivity contribution in [3.8, 4) is 0 Å². The van der Waals surface area contributed by atoms with Crippen LogP contribution in [0.15, 0.2) is 0 Å². The number of nitrogens with one attached hydrogen (secondary N) is 1. The second kappa shape index (κ2) is 5.73. The molecule has 0 saturated heterocycles. The Morgan fingerprint density at radius 1 is 0.882 bits per heavy atom. The minimum atomic E-state index is 0.794. The molecule has 1 heteroatoms. The molecule has 0 bridgehead atoms. The van der Waals surface area contributed by atoms with Gasteiger partial charge in [0.15, 0.2) is 0 Å². The fraction of sp³-hybridized carbons (Fsp3) is 1.00. The fourth-order valence-corrected chi connectivity index (χ4v) is 4.42. The van der Waals surface area contributed by atoms with Gasteiger partial charge < -0.3 is 5.32 Å². The Morgan fingerprint density at radius 2 is 1.65 bits per heavy atom. The van der Waals surface area contributed by atoms with Gasteiger partial charge >= 0.3 is 0 Å². The molecule has 100 valence electrons. The second-order valence-corrected chi connectivity index (χ2v) is 6.91. The maximum absolute atomic E-state index is 3.68. The van der Waals surface area contributed by atoms with Gasteiger partial charge in [-0.05, 0) is 55.9 Å². The zero-order chi connectivity index (χ0) is 12.4. The molecule has 0 spiro atoms. The first-order valence-electron chi connectivity index (χ1n) is 7.80. The lowest BCUT2D eigenvalue weighted by Crippen LogP contribution is -2.43. The molecule has 0 aromatic carbocycles. The Balaban J connectivity index is 1.98. The summed E-state index contributed by atoms with van der Waals surface area (Å²) >= 11 is 0. The van der Waals surface area contributed by atoms with E-state index < -0.39 is 0 Å². The third-order valence-electron chi connectivity index (χ3n) is 5.87. The van der Waals surface area contributed by atoms with Crippen LogP contribution in [0.25, 0.3) is 0 Å². The molecule has 0 aromatic heterocycles. The molecule has 17 heavy (non-hydrogen) atoms. The maximum atomic E-state index is 3.68. The lowest BCUT2D eigenvalue weighted by Gasteiger charge is -2.40. The lowest BCUT2D eigenvalue weighted by molar-refractivity contribution is 0.133. The molecule has 6 atom stereocenters. The Bertz CT molecular complexity index is 238. The topological polar surface area (TPSA) is 12.0 Å². The molecular weight excluding hydrogens is 206 g/mol. The molecule has 0 aliphatic heterocycles. The smallest absolute Gasteiger partial charge is 0.0123 e. The lowest BCUT2D eigenvalue weighted by atomic mass is 9.69. The van der Waals surface area contributed by atoms with Gasteiger partial charge in [-0.1, -0.05) is 40.0 Å². The first-order valence-corrected chi connectivity index (χ1v) is 7.80. The predicted octanol–water partition coefficient (Wildman–Crippen LogP) is 4.08. The number of hydrogen-bond donors (Lipinski definition) is 1. The summed E-state index contributed by atoms with van der Waals surface area (Å²) < 4.78 is 0. The van der Waals surface area contributed by atoms with Gasteiger partial charge in [0.2, 0.25) is 0 Å². The highest BCUT2D eigenvalue weighted by molar-refractivity contribution is 4.91. The Labute approximate surface area is 108 Å². The zero-order valence-corrected chi connectivity index (χ0v) is 12.2. The molecule has 1 N–H and O–H groups in total. The second-order valence-electron chi connectivity index (χ2n) is 6.91. The molecule has 2 fully saturated rings. The highest BCUT2D eigenvalue weighted by Gasteiger charge is 2.37. The predicted molar refractivity (Wildman–Crippen MR) is 75.0 cm³/mol. The van der Waals surface area contributed by atoms with Crippen LogP contribution in [-0.2, 0) is 0 Å². The van der Waals surface area contributed by atoms with Gasteiger partial charge in [-0.15, -0.1) is 0 Å². The molecule has 0 amide bonds. The number of hydrogen-bond acceptors (Lipinski definition) is 1. The first kappa shape index (κ1) is 13.4. The van der Waals surface area contributed by atoms with Gasteiger partial charge in [-0.3, -0.25) is 0 Å². The summed E-state index contributed by atoms with van der Waals surface area (Å²) in [5.74, 6) is 4.72. The maximum Gasteiger partial charge on any atom is 0.0123 e. The van der Waals surface area contributed by atoms with Gasteiger partial charge in [0.05, 0.1) is 0 Å². The Hall–Kier alpha value is -0.0400. The van der Waals surface area contributed by atoms with E-state index in [1.165, 1.54) is 38.5 Å². The summed E-state index contributed by atoms with van der Waals surface area (Å²) in [7, 11) is 2.19. The monoisotopic (exact) mass is 237 g/mol. The molecule has 0 heterocycles. The van der Waals surface area contributed by atoms with Crippen LogP contribution in [-0.4, -0.2) is 13.1 Å². The highest BCUT2D eigenvalue weighted by atomic mass is 14.9. The van der Waals surface area contributed by atoms with Crippen LogP contribution in [0.1, 0.15) is 59.3 Å². The summed E-state index contributed by atoms with van der Waals surface area (Å²) in [6, 6.07) is 0.794. The molecule has 0 radical (unpaired) electrons. The van der Waals surface area contributed by atoms with Crippen molar-refractivity contribution in [3.63, 3.8) is 0 Å². The van der Waals surface area contributed by atoms with E-state index in [1.807, 2.05) is 0 Å². The van der Waals surface area contributed by atoms with E-state index >= 15 is 0 Å². The molecule has 2 rings (SSSR count). The van der Waals surface area contributed by atoms with Crippen LogP contribution in [0.3, 0.4) is 0 Å². The quantitative estimate of drug-likeness (QED) is 0.780.